The van der Waals surface area contributed by atoms with E-state index in [0.717, 1.165) is 12.8 Å². The molecule has 0 unspecified atom stereocenters. The Hall–Kier alpha value is -0.140. The highest BCUT2D eigenvalue weighted by Gasteiger charge is 2.01. The molecular formula is C38H76F2. The van der Waals surface area contributed by atoms with Crippen LogP contribution < -0.4 is 0 Å². The topological polar surface area (TPSA) is 0 Å². The van der Waals surface area contributed by atoms with Gasteiger partial charge in [0.05, 0.1) is 0 Å². The zero-order chi connectivity index (χ0) is 29.0. The summed E-state index contributed by atoms with van der Waals surface area (Å²) in [5.41, 5.74) is 0. The molecule has 0 saturated carbocycles. The van der Waals surface area contributed by atoms with Gasteiger partial charge in [0.25, 0.3) is 0 Å². The van der Waals surface area contributed by atoms with Crippen LogP contribution in [0.15, 0.2) is 0 Å². The van der Waals surface area contributed by atoms with Crippen molar-refractivity contribution >= 4 is 0 Å². The van der Waals surface area contributed by atoms with Gasteiger partial charge in [0.2, 0.25) is 6.43 Å². The van der Waals surface area contributed by atoms with Crippen LogP contribution in [0.1, 0.15) is 238 Å². The fourth-order valence-corrected chi connectivity index (χ4v) is 6.21. The van der Waals surface area contributed by atoms with Crippen LogP contribution in [0.4, 0.5) is 8.78 Å². The lowest BCUT2D eigenvalue weighted by atomic mass is 10.0. The van der Waals surface area contributed by atoms with E-state index < -0.39 is 6.43 Å². The SMILES string of the molecule is CCCCCCCCCCCCCCCCCCCCCCCCCCCCCCCCCCCCCC(F)F. The Kier molecular flexibility index (Phi) is 36.8. The first-order valence-corrected chi connectivity index (χ1v) is 19.1. The highest BCUT2D eigenvalue weighted by atomic mass is 19.3. The lowest BCUT2D eigenvalue weighted by Gasteiger charge is -2.05. The molecule has 0 heterocycles. The molecule has 2 heteroatoms. The van der Waals surface area contributed by atoms with Gasteiger partial charge in [0, 0.05) is 6.42 Å². The molecule has 0 amide bonds. The molecule has 0 aliphatic heterocycles. The van der Waals surface area contributed by atoms with Gasteiger partial charge < -0.3 is 0 Å². The summed E-state index contributed by atoms with van der Waals surface area (Å²) in [5, 5.41) is 0. The minimum Gasteiger partial charge on any atom is -0.211 e. The number of halogens is 2. The first-order valence-electron chi connectivity index (χ1n) is 19.1. The van der Waals surface area contributed by atoms with E-state index in [9.17, 15) is 8.78 Å². The van der Waals surface area contributed by atoms with Crippen LogP contribution in [0.3, 0.4) is 0 Å². The summed E-state index contributed by atoms with van der Waals surface area (Å²) in [6.07, 6.45) is 46.9. The van der Waals surface area contributed by atoms with Crippen molar-refractivity contribution in [2.45, 2.75) is 244 Å². The molecule has 0 aliphatic carbocycles. The second-order valence-electron chi connectivity index (χ2n) is 13.2. The predicted molar refractivity (Wildman–Crippen MR) is 178 cm³/mol. The van der Waals surface area contributed by atoms with E-state index in [1.165, 1.54) is 205 Å². The molecular weight excluding hydrogens is 494 g/mol. The number of hydrogen-bond acceptors (Lipinski definition) is 0. The maximum absolute atomic E-state index is 12.1. The van der Waals surface area contributed by atoms with Gasteiger partial charge in [-0.2, -0.15) is 0 Å². The van der Waals surface area contributed by atoms with E-state index in [1.807, 2.05) is 0 Å². The highest BCUT2D eigenvalue weighted by molar-refractivity contribution is 4.53. The Morgan fingerprint density at radius 1 is 0.250 bits per heavy atom. The van der Waals surface area contributed by atoms with Crippen molar-refractivity contribution in [1.29, 1.82) is 0 Å². The van der Waals surface area contributed by atoms with Crippen molar-refractivity contribution in [1.82, 2.24) is 0 Å². The van der Waals surface area contributed by atoms with Gasteiger partial charge in [-0.25, -0.2) is 8.78 Å². The van der Waals surface area contributed by atoms with E-state index in [4.69, 9.17) is 0 Å². The Morgan fingerprint density at radius 3 is 0.550 bits per heavy atom. The molecule has 0 atom stereocenters. The normalized spacial score (nSPS) is 11.7. The van der Waals surface area contributed by atoms with Crippen molar-refractivity contribution in [2.75, 3.05) is 0 Å². The van der Waals surface area contributed by atoms with Gasteiger partial charge in [0.1, 0.15) is 0 Å². The molecule has 0 N–H and O–H groups in total. The van der Waals surface area contributed by atoms with Crippen LogP contribution in [0.5, 0.6) is 0 Å². The number of unbranched alkanes of at least 4 members (excludes halogenated alkanes) is 34. The summed E-state index contributed by atoms with van der Waals surface area (Å²) in [7, 11) is 0. The van der Waals surface area contributed by atoms with E-state index in [1.54, 1.807) is 0 Å². The summed E-state index contributed by atoms with van der Waals surface area (Å²) in [6.45, 7) is 2.30. The van der Waals surface area contributed by atoms with Gasteiger partial charge in [-0.05, 0) is 6.42 Å². The molecule has 0 rings (SSSR count). The second-order valence-corrected chi connectivity index (χ2v) is 13.2. The molecule has 0 fully saturated rings. The summed E-state index contributed by atoms with van der Waals surface area (Å²) >= 11 is 0. The minimum absolute atomic E-state index is 0.0969. The van der Waals surface area contributed by atoms with Crippen LogP contribution in [-0.2, 0) is 0 Å². The standard InChI is InChI=1S/C38H76F2/c1-2-3-4-5-6-7-8-9-10-11-12-13-14-15-16-17-18-19-20-21-22-23-24-25-26-27-28-29-30-31-32-33-34-35-36-37-38(39)40/h38H,2-37H2,1H3. The molecule has 242 valence electrons. The van der Waals surface area contributed by atoms with Crippen LogP contribution in [0, 0.1) is 0 Å². The summed E-state index contributed by atoms with van der Waals surface area (Å²) < 4.78 is 24.1. The fourth-order valence-electron chi connectivity index (χ4n) is 6.21. The van der Waals surface area contributed by atoms with Crippen molar-refractivity contribution in [2.24, 2.45) is 0 Å². The molecule has 0 bridgehead atoms. The van der Waals surface area contributed by atoms with Crippen molar-refractivity contribution in [3.05, 3.63) is 0 Å². The largest absolute Gasteiger partial charge is 0.238 e. The van der Waals surface area contributed by atoms with E-state index in [2.05, 4.69) is 6.92 Å². The molecule has 0 aromatic heterocycles. The van der Waals surface area contributed by atoms with E-state index >= 15 is 0 Å². The molecule has 0 radical (unpaired) electrons. The zero-order valence-electron chi connectivity index (χ0n) is 27.8. The van der Waals surface area contributed by atoms with Gasteiger partial charge >= 0.3 is 0 Å². The monoisotopic (exact) mass is 571 g/mol. The van der Waals surface area contributed by atoms with Gasteiger partial charge in [0.15, 0.2) is 0 Å². The Morgan fingerprint density at radius 2 is 0.400 bits per heavy atom. The Labute approximate surface area is 253 Å². The van der Waals surface area contributed by atoms with Crippen LogP contribution in [0.25, 0.3) is 0 Å². The average molecular weight is 571 g/mol. The molecule has 0 spiro atoms. The molecule has 40 heavy (non-hydrogen) atoms. The Balaban J connectivity index is 3.02. The van der Waals surface area contributed by atoms with Gasteiger partial charge in [-0.3, -0.25) is 0 Å². The maximum atomic E-state index is 12.1. The van der Waals surface area contributed by atoms with Crippen LogP contribution in [0.2, 0.25) is 0 Å². The first kappa shape index (κ1) is 39.9. The van der Waals surface area contributed by atoms with Crippen LogP contribution >= 0.6 is 0 Å². The molecule has 0 nitrogen and oxygen atoms in total. The highest BCUT2D eigenvalue weighted by Crippen LogP contribution is 2.17. The lowest BCUT2D eigenvalue weighted by Crippen LogP contribution is -1.89. The van der Waals surface area contributed by atoms with Gasteiger partial charge in [-0.15, -0.1) is 0 Å². The first-order chi connectivity index (χ1) is 19.8. The third-order valence-corrected chi connectivity index (χ3v) is 9.03. The smallest absolute Gasteiger partial charge is 0.211 e. The van der Waals surface area contributed by atoms with Gasteiger partial charge in [-0.1, -0.05) is 225 Å². The molecule has 0 saturated heterocycles. The lowest BCUT2D eigenvalue weighted by molar-refractivity contribution is 0.133. The van der Waals surface area contributed by atoms with Crippen LogP contribution in [-0.4, -0.2) is 6.43 Å². The summed E-state index contributed by atoms with van der Waals surface area (Å²) in [4.78, 5) is 0. The average Bonchev–Trinajstić information content (AvgIpc) is 2.95. The molecule has 0 aliphatic rings. The van der Waals surface area contributed by atoms with E-state index in [-0.39, 0.29) is 6.42 Å². The summed E-state index contributed by atoms with van der Waals surface area (Å²) in [6, 6.07) is 0. The number of rotatable bonds is 36. The molecule has 0 aromatic rings. The fraction of sp³-hybridized carbons (Fsp3) is 1.00. The quantitative estimate of drug-likeness (QED) is 0.0657. The third-order valence-electron chi connectivity index (χ3n) is 9.03. The Bertz CT molecular complexity index is 422. The van der Waals surface area contributed by atoms with Crippen molar-refractivity contribution in [3.8, 4) is 0 Å². The maximum Gasteiger partial charge on any atom is 0.238 e. The zero-order valence-corrected chi connectivity index (χ0v) is 27.8. The van der Waals surface area contributed by atoms with E-state index in [0.29, 0.717) is 6.42 Å². The van der Waals surface area contributed by atoms with Crippen molar-refractivity contribution in [3.63, 3.8) is 0 Å². The number of hydrogen-bond donors (Lipinski definition) is 0. The third kappa shape index (κ3) is 37.9. The van der Waals surface area contributed by atoms with Crippen molar-refractivity contribution < 1.29 is 8.78 Å². The number of alkyl halides is 2. The predicted octanol–water partition coefficient (Wildman–Crippen LogP) is 15.3. The molecule has 0 aromatic carbocycles. The summed E-state index contributed by atoms with van der Waals surface area (Å²) in [5.74, 6) is 0. The minimum atomic E-state index is -2.10. The second kappa shape index (κ2) is 36.9.